The van der Waals surface area contributed by atoms with E-state index in [1.165, 1.54) is 0 Å². The summed E-state index contributed by atoms with van der Waals surface area (Å²) in [5.41, 5.74) is 3.23. The average molecular weight is 387 g/mol. The fourth-order valence-corrected chi connectivity index (χ4v) is 2.96. The van der Waals surface area contributed by atoms with Gasteiger partial charge in [-0.15, -0.1) is 0 Å². The number of nitrogens with zero attached hydrogens (tertiary/aromatic N) is 1. The predicted octanol–water partition coefficient (Wildman–Crippen LogP) is 3.73. The molecular weight excluding hydrogens is 362 g/mol. The van der Waals surface area contributed by atoms with Gasteiger partial charge in [-0.2, -0.15) is 0 Å². The number of carbonyl (C=O) groups excluding carboxylic acids is 2. The largest absolute Gasteiger partial charge is 0.378 e. The second-order valence-corrected chi connectivity index (χ2v) is 7.01. The van der Waals surface area contributed by atoms with Gasteiger partial charge in [-0.1, -0.05) is 48.5 Å². The van der Waals surface area contributed by atoms with E-state index in [0.29, 0.717) is 17.7 Å². The molecule has 0 saturated carbocycles. The van der Waals surface area contributed by atoms with Crippen molar-refractivity contribution in [1.82, 2.24) is 5.32 Å². The first-order valence-electron chi connectivity index (χ1n) is 9.51. The van der Waals surface area contributed by atoms with Crippen LogP contribution < -0.4 is 15.5 Å². The summed E-state index contributed by atoms with van der Waals surface area (Å²) in [6, 6.07) is 25.4. The van der Waals surface area contributed by atoms with Crippen LogP contribution in [0.1, 0.15) is 15.9 Å². The lowest BCUT2D eigenvalue weighted by molar-refractivity contribution is -0.118. The zero-order valence-electron chi connectivity index (χ0n) is 16.6. The minimum absolute atomic E-state index is 0.254. The lowest BCUT2D eigenvalue weighted by Crippen LogP contribution is -2.45. The van der Waals surface area contributed by atoms with E-state index in [1.54, 1.807) is 24.3 Å². The van der Waals surface area contributed by atoms with Gasteiger partial charge in [0.05, 0.1) is 0 Å². The van der Waals surface area contributed by atoms with Crippen LogP contribution in [0.4, 0.5) is 11.4 Å². The first-order chi connectivity index (χ1) is 14.0. The summed E-state index contributed by atoms with van der Waals surface area (Å²) in [5.74, 6) is -0.527. The standard InChI is InChI=1S/C24H25N3O2/c1-27(2)21-15-13-20(14-16-21)25-24(29)22(17-18-9-5-3-6-10-18)26-23(28)19-11-7-4-8-12-19/h3-16,22H,17H2,1-2H3,(H,25,29)(H,26,28). The summed E-state index contributed by atoms with van der Waals surface area (Å²) < 4.78 is 0. The monoisotopic (exact) mass is 387 g/mol. The Morgan fingerprint density at radius 3 is 2.00 bits per heavy atom. The molecule has 0 fully saturated rings. The van der Waals surface area contributed by atoms with Gasteiger partial charge in [-0.3, -0.25) is 9.59 Å². The van der Waals surface area contributed by atoms with Crippen LogP contribution in [0.5, 0.6) is 0 Å². The van der Waals surface area contributed by atoms with Gasteiger partial charge in [0.25, 0.3) is 5.91 Å². The molecule has 3 aromatic rings. The summed E-state index contributed by atoms with van der Waals surface area (Å²) >= 11 is 0. The number of hydrogen-bond donors (Lipinski definition) is 2. The predicted molar refractivity (Wildman–Crippen MR) is 117 cm³/mol. The Kier molecular flexibility index (Phi) is 6.63. The van der Waals surface area contributed by atoms with Crippen LogP contribution in [0.2, 0.25) is 0 Å². The summed E-state index contributed by atoms with van der Waals surface area (Å²) in [5, 5.41) is 5.79. The molecule has 2 amide bonds. The van der Waals surface area contributed by atoms with Gasteiger partial charge in [-0.05, 0) is 42.0 Å². The van der Waals surface area contributed by atoms with E-state index in [2.05, 4.69) is 10.6 Å². The van der Waals surface area contributed by atoms with Crippen LogP contribution in [-0.2, 0) is 11.2 Å². The Bertz CT molecular complexity index is 939. The Hall–Kier alpha value is -3.60. The molecule has 0 bridgehead atoms. The van der Waals surface area contributed by atoms with E-state index in [-0.39, 0.29) is 11.8 Å². The molecule has 0 aliphatic heterocycles. The molecule has 3 rings (SSSR count). The van der Waals surface area contributed by atoms with Crippen molar-refractivity contribution in [2.24, 2.45) is 0 Å². The van der Waals surface area contributed by atoms with E-state index in [0.717, 1.165) is 11.3 Å². The van der Waals surface area contributed by atoms with Crippen molar-refractivity contribution in [1.29, 1.82) is 0 Å². The number of benzene rings is 3. The number of nitrogens with one attached hydrogen (secondary N) is 2. The molecule has 2 N–H and O–H groups in total. The highest BCUT2D eigenvalue weighted by molar-refractivity contribution is 6.01. The molecule has 148 valence electrons. The smallest absolute Gasteiger partial charge is 0.251 e. The van der Waals surface area contributed by atoms with Crippen LogP contribution in [-0.4, -0.2) is 32.0 Å². The van der Waals surface area contributed by atoms with Gasteiger partial charge < -0.3 is 15.5 Å². The molecule has 5 heteroatoms. The SMILES string of the molecule is CN(C)c1ccc(NC(=O)C(Cc2ccccc2)NC(=O)c2ccccc2)cc1. The molecule has 29 heavy (non-hydrogen) atoms. The maximum Gasteiger partial charge on any atom is 0.251 e. The van der Waals surface area contributed by atoms with Crippen LogP contribution in [0.15, 0.2) is 84.9 Å². The number of amides is 2. The van der Waals surface area contributed by atoms with Crippen LogP contribution >= 0.6 is 0 Å². The number of anilines is 2. The highest BCUT2D eigenvalue weighted by atomic mass is 16.2. The molecule has 1 atom stereocenters. The minimum Gasteiger partial charge on any atom is -0.378 e. The molecule has 0 spiro atoms. The maximum atomic E-state index is 13.0. The number of rotatable bonds is 7. The molecule has 0 aliphatic carbocycles. The van der Waals surface area contributed by atoms with E-state index < -0.39 is 6.04 Å². The topological polar surface area (TPSA) is 61.4 Å². The first kappa shape index (κ1) is 20.1. The Morgan fingerprint density at radius 1 is 0.828 bits per heavy atom. The fraction of sp³-hybridized carbons (Fsp3) is 0.167. The van der Waals surface area contributed by atoms with Crippen molar-refractivity contribution in [3.63, 3.8) is 0 Å². The normalized spacial score (nSPS) is 11.4. The van der Waals surface area contributed by atoms with E-state index >= 15 is 0 Å². The van der Waals surface area contributed by atoms with Crippen molar-refractivity contribution < 1.29 is 9.59 Å². The lowest BCUT2D eigenvalue weighted by Gasteiger charge is -2.19. The molecular formula is C24H25N3O2. The molecule has 1 unspecified atom stereocenters. The van der Waals surface area contributed by atoms with Crippen LogP contribution in [0.3, 0.4) is 0 Å². The van der Waals surface area contributed by atoms with Gasteiger partial charge in [-0.25, -0.2) is 0 Å². The molecule has 0 radical (unpaired) electrons. The second kappa shape index (κ2) is 9.55. The molecule has 0 aliphatic rings. The maximum absolute atomic E-state index is 13.0. The molecule has 0 heterocycles. The van der Waals surface area contributed by atoms with Gasteiger partial charge in [0, 0.05) is 37.5 Å². The zero-order chi connectivity index (χ0) is 20.6. The van der Waals surface area contributed by atoms with E-state index in [1.807, 2.05) is 79.7 Å². The highest BCUT2D eigenvalue weighted by Gasteiger charge is 2.22. The quantitative estimate of drug-likeness (QED) is 0.649. The summed E-state index contributed by atoms with van der Waals surface area (Å²) in [4.78, 5) is 27.6. The number of hydrogen-bond acceptors (Lipinski definition) is 3. The van der Waals surface area contributed by atoms with Crippen molar-refractivity contribution in [3.05, 3.63) is 96.1 Å². The second-order valence-electron chi connectivity index (χ2n) is 7.01. The van der Waals surface area contributed by atoms with Gasteiger partial charge in [0.1, 0.15) is 6.04 Å². The van der Waals surface area contributed by atoms with Crippen molar-refractivity contribution in [3.8, 4) is 0 Å². The highest BCUT2D eigenvalue weighted by Crippen LogP contribution is 2.16. The Morgan fingerprint density at radius 2 is 1.41 bits per heavy atom. The van der Waals surface area contributed by atoms with Crippen molar-refractivity contribution in [2.45, 2.75) is 12.5 Å². The molecule has 5 nitrogen and oxygen atoms in total. The van der Waals surface area contributed by atoms with Crippen molar-refractivity contribution in [2.75, 3.05) is 24.3 Å². The third-order valence-electron chi connectivity index (χ3n) is 4.59. The van der Waals surface area contributed by atoms with E-state index in [4.69, 9.17) is 0 Å². The molecule has 0 aromatic heterocycles. The van der Waals surface area contributed by atoms with Gasteiger partial charge in [0.15, 0.2) is 0 Å². The summed E-state index contributed by atoms with van der Waals surface area (Å²) in [6.07, 6.45) is 0.404. The van der Waals surface area contributed by atoms with Gasteiger partial charge >= 0.3 is 0 Å². The summed E-state index contributed by atoms with van der Waals surface area (Å²) in [6.45, 7) is 0. The summed E-state index contributed by atoms with van der Waals surface area (Å²) in [7, 11) is 3.92. The minimum atomic E-state index is -0.696. The average Bonchev–Trinajstić information content (AvgIpc) is 2.75. The first-order valence-corrected chi connectivity index (χ1v) is 9.51. The molecule has 0 saturated heterocycles. The third-order valence-corrected chi connectivity index (χ3v) is 4.59. The number of carbonyl (C=O) groups is 2. The van der Waals surface area contributed by atoms with Crippen LogP contribution in [0, 0.1) is 0 Å². The third kappa shape index (κ3) is 5.69. The molecule has 3 aromatic carbocycles. The van der Waals surface area contributed by atoms with Crippen LogP contribution in [0.25, 0.3) is 0 Å². The van der Waals surface area contributed by atoms with E-state index in [9.17, 15) is 9.59 Å². The lowest BCUT2D eigenvalue weighted by atomic mass is 10.0. The van der Waals surface area contributed by atoms with Gasteiger partial charge in [0.2, 0.25) is 5.91 Å². The Balaban J connectivity index is 1.75. The van der Waals surface area contributed by atoms with Crippen molar-refractivity contribution >= 4 is 23.2 Å². The zero-order valence-corrected chi connectivity index (χ0v) is 16.6. The fourth-order valence-electron chi connectivity index (χ4n) is 2.96. The Labute approximate surface area is 171 Å².